The lowest BCUT2D eigenvalue weighted by Crippen LogP contribution is -2.25. The van der Waals surface area contributed by atoms with Crippen LogP contribution in [-0.4, -0.2) is 52.8 Å². The number of rotatable bonds is 6. The molecular formula is C13H22N4O3S. The van der Waals surface area contributed by atoms with E-state index >= 15 is 0 Å². The summed E-state index contributed by atoms with van der Waals surface area (Å²) in [5.74, 6) is 0.515. The average molecular weight is 314 g/mol. The van der Waals surface area contributed by atoms with Gasteiger partial charge in [-0.3, -0.25) is 4.79 Å². The van der Waals surface area contributed by atoms with Gasteiger partial charge in [0.2, 0.25) is 0 Å². The van der Waals surface area contributed by atoms with Crippen LogP contribution in [0.25, 0.3) is 0 Å². The largest absolute Gasteiger partial charge is 0.469 e. The molecule has 2 rings (SSSR count). The Morgan fingerprint density at radius 3 is 2.67 bits per heavy atom. The van der Waals surface area contributed by atoms with Crippen molar-refractivity contribution in [3.8, 4) is 0 Å². The summed E-state index contributed by atoms with van der Waals surface area (Å²) in [6.07, 6.45) is 6.60. The fraction of sp³-hybridized carbons (Fsp3) is 0.846. The van der Waals surface area contributed by atoms with Gasteiger partial charge < -0.3 is 9.47 Å². The van der Waals surface area contributed by atoms with E-state index in [-0.39, 0.29) is 23.7 Å². The van der Waals surface area contributed by atoms with Crippen LogP contribution in [0.2, 0.25) is 0 Å². The van der Waals surface area contributed by atoms with Gasteiger partial charge in [0, 0.05) is 7.11 Å². The first-order valence-corrected chi connectivity index (χ1v) is 8.38. The van der Waals surface area contributed by atoms with E-state index in [9.17, 15) is 4.79 Å². The van der Waals surface area contributed by atoms with E-state index in [1.54, 1.807) is 18.9 Å². The molecule has 0 N–H and O–H groups in total. The molecule has 1 atom stereocenters. The fourth-order valence-corrected chi connectivity index (χ4v) is 3.38. The number of carbonyl (C=O) groups is 1. The summed E-state index contributed by atoms with van der Waals surface area (Å²) < 4.78 is 12.0. The normalized spacial score (nSPS) is 23.8. The Labute approximate surface area is 128 Å². The number of esters is 1. The predicted octanol–water partition coefficient (Wildman–Crippen LogP) is 1.77. The quantitative estimate of drug-likeness (QED) is 0.740. The number of carbonyl (C=O) groups excluding carboxylic acids is 1. The molecule has 0 bridgehead atoms. The number of tetrazole rings is 1. The maximum atomic E-state index is 11.5. The zero-order valence-electron chi connectivity index (χ0n) is 12.7. The molecule has 1 aliphatic rings. The van der Waals surface area contributed by atoms with Crippen LogP contribution in [0.3, 0.4) is 0 Å². The van der Waals surface area contributed by atoms with E-state index in [1.165, 1.54) is 7.11 Å². The molecule has 0 aliphatic heterocycles. The Balaban J connectivity index is 2.08. The zero-order chi connectivity index (χ0) is 15.2. The van der Waals surface area contributed by atoms with Gasteiger partial charge in [-0.2, -0.15) is 11.8 Å². The Hall–Kier alpha value is -1.15. The minimum atomic E-state index is -0.244. The van der Waals surface area contributed by atoms with Gasteiger partial charge in [-0.15, -0.1) is 5.10 Å². The monoisotopic (exact) mass is 314 g/mol. The second kappa shape index (κ2) is 7.74. The highest BCUT2D eigenvalue weighted by Gasteiger charge is 2.28. The molecule has 1 aromatic heterocycles. The van der Waals surface area contributed by atoms with E-state index in [4.69, 9.17) is 9.47 Å². The standard InChI is InChI=1S/C13H22N4O3S/c1-19-10-6-4-9(5-7-10)17-13(14-15-16-17)11(21-3)8-12(18)20-2/h9-11H,4-8H2,1-3H3. The molecule has 1 heterocycles. The summed E-state index contributed by atoms with van der Waals surface area (Å²) in [5, 5.41) is 12.0. The molecule has 21 heavy (non-hydrogen) atoms. The molecule has 7 nitrogen and oxygen atoms in total. The van der Waals surface area contributed by atoms with Crippen LogP contribution in [0.5, 0.6) is 0 Å². The highest BCUT2D eigenvalue weighted by molar-refractivity contribution is 7.98. The van der Waals surface area contributed by atoms with Crippen molar-refractivity contribution >= 4 is 17.7 Å². The average Bonchev–Trinajstić information content (AvgIpc) is 3.01. The summed E-state index contributed by atoms with van der Waals surface area (Å²) >= 11 is 1.57. The lowest BCUT2D eigenvalue weighted by atomic mass is 9.93. The van der Waals surface area contributed by atoms with Crippen LogP contribution < -0.4 is 0 Å². The number of hydrogen-bond donors (Lipinski definition) is 0. The van der Waals surface area contributed by atoms with E-state index in [0.29, 0.717) is 6.10 Å². The number of hydrogen-bond acceptors (Lipinski definition) is 7. The minimum absolute atomic E-state index is 0.0763. The highest BCUT2D eigenvalue weighted by Crippen LogP contribution is 2.34. The number of aromatic nitrogens is 4. The Morgan fingerprint density at radius 2 is 2.10 bits per heavy atom. The summed E-state index contributed by atoms with van der Waals surface area (Å²) in [6.45, 7) is 0. The number of thioether (sulfide) groups is 1. The molecule has 0 aromatic carbocycles. The third kappa shape index (κ3) is 3.94. The van der Waals surface area contributed by atoms with Gasteiger partial charge in [-0.05, 0) is 42.4 Å². The maximum absolute atomic E-state index is 11.5. The summed E-state index contributed by atoms with van der Waals surface area (Å²) in [5.41, 5.74) is 0. The smallest absolute Gasteiger partial charge is 0.307 e. The van der Waals surface area contributed by atoms with Gasteiger partial charge in [0.25, 0.3) is 0 Å². The fourth-order valence-electron chi connectivity index (χ4n) is 2.71. The van der Waals surface area contributed by atoms with Crippen LogP contribution in [0.4, 0.5) is 0 Å². The van der Waals surface area contributed by atoms with Crippen LogP contribution in [0.1, 0.15) is 49.2 Å². The maximum Gasteiger partial charge on any atom is 0.307 e. The first kappa shape index (κ1) is 16.2. The first-order chi connectivity index (χ1) is 10.2. The van der Waals surface area contributed by atoms with Crippen molar-refractivity contribution in [1.82, 2.24) is 20.2 Å². The van der Waals surface area contributed by atoms with Crippen molar-refractivity contribution in [3.05, 3.63) is 5.82 Å². The third-order valence-corrected chi connectivity index (χ3v) is 4.94. The van der Waals surface area contributed by atoms with Crippen molar-refractivity contribution in [3.63, 3.8) is 0 Å². The molecule has 1 fully saturated rings. The van der Waals surface area contributed by atoms with Gasteiger partial charge in [-0.25, -0.2) is 4.68 Å². The molecule has 0 spiro atoms. The summed E-state index contributed by atoms with van der Waals surface area (Å²) in [6, 6.07) is 0.286. The zero-order valence-corrected chi connectivity index (χ0v) is 13.5. The van der Waals surface area contributed by atoms with Crippen LogP contribution in [0, 0.1) is 0 Å². The lowest BCUT2D eigenvalue weighted by molar-refractivity contribution is -0.140. The second-order valence-corrected chi connectivity index (χ2v) is 6.19. The van der Waals surface area contributed by atoms with Gasteiger partial charge in [-0.1, -0.05) is 0 Å². The second-order valence-electron chi connectivity index (χ2n) is 5.15. The summed E-state index contributed by atoms with van der Waals surface area (Å²) in [4.78, 5) is 11.5. The van der Waals surface area contributed by atoms with Crippen LogP contribution in [0.15, 0.2) is 0 Å². The molecule has 0 amide bonds. The van der Waals surface area contributed by atoms with Gasteiger partial charge >= 0.3 is 5.97 Å². The molecule has 118 valence electrons. The van der Waals surface area contributed by atoms with Crippen molar-refractivity contribution in [2.45, 2.75) is 49.5 Å². The van der Waals surface area contributed by atoms with E-state index in [2.05, 4.69) is 15.5 Å². The summed E-state index contributed by atoms with van der Waals surface area (Å²) in [7, 11) is 3.16. The predicted molar refractivity (Wildman–Crippen MR) is 79.0 cm³/mol. The molecule has 1 unspecified atom stereocenters. The Bertz CT molecular complexity index is 460. The van der Waals surface area contributed by atoms with Crippen molar-refractivity contribution in [1.29, 1.82) is 0 Å². The first-order valence-electron chi connectivity index (χ1n) is 7.09. The van der Waals surface area contributed by atoms with Crippen molar-refractivity contribution in [2.75, 3.05) is 20.5 Å². The molecule has 1 aromatic rings. The van der Waals surface area contributed by atoms with Crippen LogP contribution >= 0.6 is 11.8 Å². The van der Waals surface area contributed by atoms with Crippen LogP contribution in [-0.2, 0) is 14.3 Å². The molecule has 8 heteroatoms. The molecule has 0 saturated heterocycles. The van der Waals surface area contributed by atoms with Gasteiger partial charge in [0.1, 0.15) is 0 Å². The van der Waals surface area contributed by atoms with E-state index < -0.39 is 0 Å². The Kier molecular flexibility index (Phi) is 5.98. The molecular weight excluding hydrogens is 292 g/mol. The number of nitrogens with zero attached hydrogens (tertiary/aromatic N) is 4. The molecule has 1 saturated carbocycles. The Morgan fingerprint density at radius 1 is 1.38 bits per heavy atom. The van der Waals surface area contributed by atoms with E-state index in [0.717, 1.165) is 31.5 Å². The highest BCUT2D eigenvalue weighted by atomic mass is 32.2. The molecule has 1 aliphatic carbocycles. The lowest BCUT2D eigenvalue weighted by Gasteiger charge is -2.28. The van der Waals surface area contributed by atoms with E-state index in [1.807, 2.05) is 10.9 Å². The number of ether oxygens (including phenoxy) is 2. The third-order valence-electron chi connectivity index (χ3n) is 3.99. The molecule has 0 radical (unpaired) electrons. The van der Waals surface area contributed by atoms with Crippen molar-refractivity contribution in [2.24, 2.45) is 0 Å². The topological polar surface area (TPSA) is 79.1 Å². The van der Waals surface area contributed by atoms with Crippen molar-refractivity contribution < 1.29 is 14.3 Å². The minimum Gasteiger partial charge on any atom is -0.469 e. The SMILES string of the molecule is COC(=O)CC(SC)c1nnnn1C1CCC(OC)CC1. The van der Waals surface area contributed by atoms with Gasteiger partial charge in [0.05, 0.1) is 30.9 Å². The van der Waals surface area contributed by atoms with Gasteiger partial charge in [0.15, 0.2) is 5.82 Å². The number of methoxy groups -OCH3 is 2.